The fourth-order valence-electron chi connectivity index (χ4n) is 0.402. The number of nitrogens with two attached hydrogens (primary N) is 1. The van der Waals surface area contributed by atoms with Gasteiger partial charge in [-0.05, 0) is 6.42 Å². The van der Waals surface area contributed by atoms with Crippen LogP contribution in [-0.2, 0) is 26.7 Å². The predicted octanol–water partition coefficient (Wildman–Crippen LogP) is -1.39. The van der Waals surface area contributed by atoms with Crippen LogP contribution in [0, 0.1) is 0 Å². The van der Waals surface area contributed by atoms with Crippen molar-refractivity contribution in [2.24, 2.45) is 5.73 Å². The molecule has 68 valence electrons. The molecule has 0 bridgehead atoms. The normalized spacial score (nSPS) is 10.4. The third-order valence-corrected chi connectivity index (χ3v) is 0.986. The molecule has 0 saturated carbocycles. The minimum absolute atomic E-state index is 0. The van der Waals surface area contributed by atoms with Crippen LogP contribution in [0.4, 0.5) is 0 Å². The SMILES string of the molecule is NC(CCC(=O)O)C(=O)O.[Fe].[NaH]. The van der Waals surface area contributed by atoms with Gasteiger partial charge in [0.05, 0.1) is 0 Å². The Kier molecular flexibility index (Phi) is 14.5. The van der Waals surface area contributed by atoms with E-state index in [-0.39, 0.29) is 59.5 Å². The molecule has 0 amide bonds. The Morgan fingerprint density at radius 3 is 2.00 bits per heavy atom. The topological polar surface area (TPSA) is 101 Å². The molecule has 0 aliphatic heterocycles. The Bertz CT molecular complexity index is 154. The van der Waals surface area contributed by atoms with Crippen LogP contribution in [0.1, 0.15) is 12.8 Å². The van der Waals surface area contributed by atoms with E-state index >= 15 is 0 Å². The van der Waals surface area contributed by atoms with Crippen LogP contribution in [0.3, 0.4) is 0 Å². The zero-order valence-corrected chi connectivity index (χ0v) is 6.74. The van der Waals surface area contributed by atoms with Crippen molar-refractivity contribution in [3.05, 3.63) is 0 Å². The van der Waals surface area contributed by atoms with Crippen LogP contribution >= 0.6 is 0 Å². The molecule has 0 aliphatic rings. The molecule has 0 fully saturated rings. The summed E-state index contributed by atoms with van der Waals surface area (Å²) in [7, 11) is 0. The molecule has 5 nitrogen and oxygen atoms in total. The molecule has 1 atom stereocenters. The molecule has 0 spiro atoms. The predicted molar refractivity (Wildman–Crippen MR) is 39.6 cm³/mol. The van der Waals surface area contributed by atoms with Gasteiger partial charge in [0.15, 0.2) is 0 Å². The number of hydrogen-bond acceptors (Lipinski definition) is 3. The van der Waals surface area contributed by atoms with Crippen molar-refractivity contribution >= 4 is 41.5 Å². The zero-order chi connectivity index (χ0) is 8.15. The van der Waals surface area contributed by atoms with Crippen LogP contribution in [0.5, 0.6) is 0 Å². The third-order valence-electron chi connectivity index (χ3n) is 0.986. The summed E-state index contributed by atoms with van der Waals surface area (Å²) in [5, 5.41) is 16.3. The van der Waals surface area contributed by atoms with E-state index in [1.165, 1.54) is 0 Å². The van der Waals surface area contributed by atoms with Crippen molar-refractivity contribution in [3.8, 4) is 0 Å². The van der Waals surface area contributed by atoms with Gasteiger partial charge < -0.3 is 15.9 Å². The Balaban J connectivity index is -0.000000405. The van der Waals surface area contributed by atoms with Crippen LogP contribution in [0.2, 0.25) is 0 Å². The van der Waals surface area contributed by atoms with Gasteiger partial charge in [0.1, 0.15) is 6.04 Å². The second-order valence-electron chi connectivity index (χ2n) is 1.88. The van der Waals surface area contributed by atoms with E-state index in [9.17, 15) is 9.59 Å². The molecular formula is C5H10FeNNaO4. The van der Waals surface area contributed by atoms with Crippen molar-refractivity contribution in [2.75, 3.05) is 0 Å². The maximum absolute atomic E-state index is 9.99. The van der Waals surface area contributed by atoms with Crippen molar-refractivity contribution in [1.29, 1.82) is 0 Å². The summed E-state index contributed by atoms with van der Waals surface area (Å²) in [4.78, 5) is 19.9. The fraction of sp³-hybridized carbons (Fsp3) is 0.600. The van der Waals surface area contributed by atoms with Gasteiger partial charge >= 0.3 is 41.5 Å². The first-order valence-electron chi connectivity index (χ1n) is 2.74. The molecule has 0 rings (SSSR count). The second kappa shape index (κ2) is 9.51. The van der Waals surface area contributed by atoms with Crippen molar-refractivity contribution in [2.45, 2.75) is 18.9 Å². The van der Waals surface area contributed by atoms with Crippen LogP contribution in [-0.4, -0.2) is 57.8 Å². The summed E-state index contributed by atoms with van der Waals surface area (Å²) in [6, 6.07) is -1.06. The van der Waals surface area contributed by atoms with Gasteiger partial charge in [-0.3, -0.25) is 9.59 Å². The Hall–Kier alpha value is 0.419. The van der Waals surface area contributed by atoms with Crippen molar-refractivity contribution in [3.63, 3.8) is 0 Å². The van der Waals surface area contributed by atoms with E-state index in [0.717, 1.165) is 0 Å². The van der Waals surface area contributed by atoms with Gasteiger partial charge in [-0.2, -0.15) is 0 Å². The minimum atomic E-state index is -1.17. The summed E-state index contributed by atoms with van der Waals surface area (Å²) in [6.07, 6.45) is -0.224. The molecule has 0 aromatic heterocycles. The number of carboxylic acid groups (broad SMARTS) is 2. The van der Waals surface area contributed by atoms with E-state index in [1.807, 2.05) is 0 Å². The van der Waals surface area contributed by atoms with Crippen LogP contribution in [0.15, 0.2) is 0 Å². The molecule has 0 aliphatic carbocycles. The Labute approximate surface area is 102 Å². The van der Waals surface area contributed by atoms with Crippen LogP contribution in [0.25, 0.3) is 0 Å². The maximum atomic E-state index is 9.99. The molecule has 0 aromatic rings. The zero-order valence-electron chi connectivity index (χ0n) is 5.63. The Morgan fingerprint density at radius 2 is 1.75 bits per heavy atom. The van der Waals surface area contributed by atoms with E-state index in [0.29, 0.717) is 0 Å². The first-order valence-corrected chi connectivity index (χ1v) is 2.74. The van der Waals surface area contributed by atoms with Gasteiger partial charge in [-0.1, -0.05) is 0 Å². The van der Waals surface area contributed by atoms with Gasteiger partial charge in [0.2, 0.25) is 0 Å². The third kappa shape index (κ3) is 10.4. The number of aliphatic carboxylic acids is 2. The molecule has 12 heavy (non-hydrogen) atoms. The number of carbonyl (C=O) groups is 2. The van der Waals surface area contributed by atoms with Crippen molar-refractivity contribution in [1.82, 2.24) is 0 Å². The summed E-state index contributed by atoms with van der Waals surface area (Å²) < 4.78 is 0. The summed E-state index contributed by atoms with van der Waals surface area (Å²) >= 11 is 0. The summed E-state index contributed by atoms with van der Waals surface area (Å²) in [5.74, 6) is -2.20. The molecule has 7 heteroatoms. The van der Waals surface area contributed by atoms with Gasteiger partial charge in [0.25, 0.3) is 0 Å². The molecule has 0 aromatic carbocycles. The van der Waals surface area contributed by atoms with Gasteiger partial charge in [-0.15, -0.1) is 0 Å². The second-order valence-corrected chi connectivity index (χ2v) is 1.88. The number of hydrogen-bond donors (Lipinski definition) is 3. The number of rotatable bonds is 4. The standard InChI is InChI=1S/C5H9NO4.Fe.Na.H/c6-3(5(9)10)1-2-4(7)8;;;/h3H,1-2,6H2,(H,7,8)(H,9,10);;;. The molecule has 1 unspecified atom stereocenters. The van der Waals surface area contributed by atoms with Gasteiger partial charge in [-0.25, -0.2) is 0 Å². The van der Waals surface area contributed by atoms with Crippen LogP contribution < -0.4 is 5.73 Å². The molecule has 4 N–H and O–H groups in total. The monoisotopic (exact) mass is 227 g/mol. The molecular weight excluding hydrogens is 217 g/mol. The molecule has 0 heterocycles. The Morgan fingerprint density at radius 1 is 1.33 bits per heavy atom. The fourth-order valence-corrected chi connectivity index (χ4v) is 0.402. The van der Waals surface area contributed by atoms with E-state index in [4.69, 9.17) is 15.9 Å². The van der Waals surface area contributed by atoms with Gasteiger partial charge in [0, 0.05) is 23.5 Å². The first-order chi connectivity index (χ1) is 4.54. The summed E-state index contributed by atoms with van der Waals surface area (Å²) in [5.41, 5.74) is 5.00. The number of carboxylic acids is 2. The van der Waals surface area contributed by atoms with E-state index < -0.39 is 18.0 Å². The molecule has 0 radical (unpaired) electrons. The average molecular weight is 227 g/mol. The molecule has 0 saturated heterocycles. The van der Waals surface area contributed by atoms with E-state index in [1.54, 1.807) is 0 Å². The van der Waals surface area contributed by atoms with E-state index in [2.05, 4.69) is 0 Å². The van der Waals surface area contributed by atoms with Crippen molar-refractivity contribution < 1.29 is 36.9 Å². The first kappa shape index (κ1) is 18.3. The quantitative estimate of drug-likeness (QED) is 0.513. The average Bonchev–Trinajstić information content (AvgIpc) is 1.82. The summed E-state index contributed by atoms with van der Waals surface area (Å²) in [6.45, 7) is 0.